The van der Waals surface area contributed by atoms with Gasteiger partial charge >= 0.3 is 6.18 Å². The van der Waals surface area contributed by atoms with Gasteiger partial charge in [0.1, 0.15) is 0 Å². The third kappa shape index (κ3) is 4.37. The van der Waals surface area contributed by atoms with Crippen molar-refractivity contribution >= 4 is 29.1 Å². The number of alkyl halides is 3. The second kappa shape index (κ2) is 7.53. The van der Waals surface area contributed by atoms with E-state index < -0.39 is 22.4 Å². The maximum absolute atomic E-state index is 13.2. The van der Waals surface area contributed by atoms with E-state index in [1.165, 1.54) is 4.68 Å². The van der Waals surface area contributed by atoms with Crippen LogP contribution in [0.1, 0.15) is 11.1 Å². The Bertz CT molecular complexity index is 978. The lowest BCUT2D eigenvalue weighted by molar-refractivity contribution is -0.385. The molecule has 1 aromatic heterocycles. The van der Waals surface area contributed by atoms with Crippen LogP contribution in [0.3, 0.4) is 0 Å². The summed E-state index contributed by atoms with van der Waals surface area (Å²) in [6.45, 7) is 0. The summed E-state index contributed by atoms with van der Waals surface area (Å²) >= 11 is 6.75. The Hall–Kier alpha value is -2.66. The summed E-state index contributed by atoms with van der Waals surface area (Å²) in [5.41, 5.74) is -1.02. The predicted molar refractivity (Wildman–Crippen MR) is 91.8 cm³/mol. The topological polar surface area (TPSA) is 86.7 Å². The molecule has 0 saturated carbocycles. The number of hydrogen-bond acceptors (Lipinski definition) is 6. The number of halogens is 4. The van der Waals surface area contributed by atoms with Gasteiger partial charge in [-0.1, -0.05) is 23.4 Å². The third-order valence-electron chi connectivity index (χ3n) is 3.47. The molecule has 7 nitrogen and oxygen atoms in total. The van der Waals surface area contributed by atoms with Crippen molar-refractivity contribution < 1.29 is 18.1 Å². The summed E-state index contributed by atoms with van der Waals surface area (Å²) < 4.78 is 40.9. The molecule has 140 valence electrons. The number of aromatic nitrogens is 4. The number of nitro benzene ring substituents is 1. The number of tetrazole rings is 1. The largest absolute Gasteiger partial charge is 0.416 e. The highest BCUT2D eigenvalue weighted by Crippen LogP contribution is 2.36. The first kappa shape index (κ1) is 19.1. The zero-order chi connectivity index (χ0) is 19.6. The van der Waals surface area contributed by atoms with Crippen molar-refractivity contribution in [1.82, 2.24) is 20.2 Å². The van der Waals surface area contributed by atoms with Gasteiger partial charge in [0.15, 0.2) is 0 Å². The minimum atomic E-state index is -4.63. The molecule has 0 fully saturated rings. The van der Waals surface area contributed by atoms with Crippen LogP contribution >= 0.6 is 23.4 Å². The van der Waals surface area contributed by atoms with Crippen LogP contribution in [-0.2, 0) is 11.9 Å². The van der Waals surface area contributed by atoms with E-state index in [0.717, 1.165) is 23.9 Å². The van der Waals surface area contributed by atoms with Crippen LogP contribution in [0.25, 0.3) is 5.69 Å². The van der Waals surface area contributed by atoms with Crippen molar-refractivity contribution in [3.8, 4) is 5.69 Å². The monoisotopic (exact) mass is 415 g/mol. The normalized spacial score (nSPS) is 11.6. The average Bonchev–Trinajstić information content (AvgIpc) is 3.08. The quantitative estimate of drug-likeness (QED) is 0.345. The number of nitro groups is 1. The summed E-state index contributed by atoms with van der Waals surface area (Å²) in [5, 5.41) is 22.8. The zero-order valence-corrected chi connectivity index (χ0v) is 14.8. The Morgan fingerprint density at radius 1 is 1.19 bits per heavy atom. The molecule has 3 aromatic rings. The third-order valence-corrected chi connectivity index (χ3v) is 4.69. The lowest BCUT2D eigenvalue weighted by atomic mass is 10.1. The molecular weight excluding hydrogens is 407 g/mol. The van der Waals surface area contributed by atoms with E-state index in [2.05, 4.69) is 15.5 Å². The molecule has 12 heteroatoms. The molecule has 2 aromatic carbocycles. The highest BCUT2D eigenvalue weighted by molar-refractivity contribution is 7.98. The summed E-state index contributed by atoms with van der Waals surface area (Å²) in [6, 6.07) is 8.98. The van der Waals surface area contributed by atoms with Gasteiger partial charge in [0.05, 0.1) is 16.2 Å². The van der Waals surface area contributed by atoms with Gasteiger partial charge in [0.25, 0.3) is 5.69 Å². The number of non-ortho nitro benzene ring substituents is 1. The molecule has 0 unspecified atom stereocenters. The van der Waals surface area contributed by atoms with Gasteiger partial charge in [-0.15, -0.1) is 5.10 Å². The molecule has 3 rings (SSSR count). The highest BCUT2D eigenvalue weighted by atomic mass is 35.5. The van der Waals surface area contributed by atoms with E-state index in [-0.39, 0.29) is 16.5 Å². The molecule has 0 saturated heterocycles. The number of nitrogens with zero attached hydrogens (tertiary/aromatic N) is 5. The Kier molecular flexibility index (Phi) is 5.33. The fourth-order valence-electron chi connectivity index (χ4n) is 2.25. The van der Waals surface area contributed by atoms with Crippen LogP contribution in [0.4, 0.5) is 18.9 Å². The molecule has 0 aliphatic carbocycles. The van der Waals surface area contributed by atoms with Gasteiger partial charge < -0.3 is 0 Å². The molecule has 0 amide bonds. The van der Waals surface area contributed by atoms with Crippen molar-refractivity contribution in [2.24, 2.45) is 0 Å². The van der Waals surface area contributed by atoms with Crippen molar-refractivity contribution in [2.75, 3.05) is 0 Å². The van der Waals surface area contributed by atoms with Crippen LogP contribution < -0.4 is 0 Å². The fourth-order valence-corrected chi connectivity index (χ4v) is 3.25. The Balaban J connectivity index is 1.89. The Labute approximate surface area is 159 Å². The van der Waals surface area contributed by atoms with Gasteiger partial charge in [0.2, 0.25) is 5.16 Å². The van der Waals surface area contributed by atoms with E-state index in [1.807, 2.05) is 0 Å². The maximum Gasteiger partial charge on any atom is 0.416 e. The fraction of sp³-hybridized carbons (Fsp3) is 0.133. The van der Waals surface area contributed by atoms with E-state index >= 15 is 0 Å². The smallest absolute Gasteiger partial charge is 0.258 e. The van der Waals surface area contributed by atoms with Gasteiger partial charge in [-0.05, 0) is 46.3 Å². The molecule has 27 heavy (non-hydrogen) atoms. The second-order valence-electron chi connectivity index (χ2n) is 5.23. The first-order valence-corrected chi connectivity index (χ1v) is 8.63. The average molecular weight is 416 g/mol. The number of thioether (sulfide) groups is 1. The molecule has 1 heterocycles. The minimum absolute atomic E-state index is 0.204. The van der Waals surface area contributed by atoms with Gasteiger partial charge in [-0.2, -0.15) is 17.9 Å². The summed E-state index contributed by atoms with van der Waals surface area (Å²) in [7, 11) is 0. The molecule has 0 aliphatic heterocycles. The van der Waals surface area contributed by atoms with Crippen LogP contribution in [-0.4, -0.2) is 25.1 Å². The summed E-state index contributed by atoms with van der Waals surface area (Å²) in [4.78, 5) is 10.1. The van der Waals surface area contributed by atoms with E-state index in [4.69, 9.17) is 11.6 Å². The van der Waals surface area contributed by atoms with Crippen LogP contribution in [0, 0.1) is 10.1 Å². The SMILES string of the molecule is O=[N+]([O-])c1ccc(C(F)(F)F)c(CSc2nnnn2-c2ccc(Cl)cc2)c1. The molecule has 0 N–H and O–H groups in total. The van der Waals surface area contributed by atoms with Gasteiger partial charge in [-0.25, -0.2) is 0 Å². The predicted octanol–water partition coefficient (Wildman–Crippen LogP) is 4.54. The first-order valence-electron chi connectivity index (χ1n) is 7.27. The van der Waals surface area contributed by atoms with Gasteiger partial charge in [-0.3, -0.25) is 10.1 Å². The van der Waals surface area contributed by atoms with Crippen LogP contribution in [0.15, 0.2) is 47.6 Å². The zero-order valence-electron chi connectivity index (χ0n) is 13.2. The molecule has 0 atom stereocenters. The summed E-state index contributed by atoms with van der Waals surface area (Å²) in [5.74, 6) is -0.204. The van der Waals surface area contributed by atoms with E-state index in [0.29, 0.717) is 16.8 Å². The lowest BCUT2D eigenvalue weighted by Crippen LogP contribution is -2.09. The first-order chi connectivity index (χ1) is 12.8. The Morgan fingerprint density at radius 3 is 2.52 bits per heavy atom. The van der Waals surface area contributed by atoms with Crippen molar-refractivity contribution in [1.29, 1.82) is 0 Å². The maximum atomic E-state index is 13.2. The van der Waals surface area contributed by atoms with Crippen molar-refractivity contribution in [3.63, 3.8) is 0 Å². The minimum Gasteiger partial charge on any atom is -0.258 e. The standard InChI is InChI=1S/C15H9ClF3N5O2S/c16-10-1-3-11(4-2-10)23-14(20-21-22-23)27-8-9-7-12(24(25)26)5-6-13(9)15(17,18)19/h1-7H,8H2. The summed E-state index contributed by atoms with van der Waals surface area (Å²) in [6.07, 6.45) is -4.63. The number of hydrogen-bond donors (Lipinski definition) is 0. The van der Waals surface area contributed by atoms with Crippen LogP contribution in [0.5, 0.6) is 0 Å². The van der Waals surface area contributed by atoms with E-state index in [9.17, 15) is 23.3 Å². The second-order valence-corrected chi connectivity index (χ2v) is 6.61. The Morgan fingerprint density at radius 2 is 1.89 bits per heavy atom. The van der Waals surface area contributed by atoms with Crippen molar-refractivity contribution in [2.45, 2.75) is 17.1 Å². The van der Waals surface area contributed by atoms with Gasteiger partial charge in [0, 0.05) is 22.9 Å². The van der Waals surface area contributed by atoms with Crippen LogP contribution in [0.2, 0.25) is 5.02 Å². The molecule has 0 spiro atoms. The lowest BCUT2D eigenvalue weighted by Gasteiger charge is -2.12. The molecule has 0 aliphatic rings. The number of benzene rings is 2. The molecular formula is C15H9ClF3N5O2S. The molecule has 0 bridgehead atoms. The van der Waals surface area contributed by atoms with E-state index in [1.54, 1.807) is 24.3 Å². The highest BCUT2D eigenvalue weighted by Gasteiger charge is 2.34. The number of rotatable bonds is 5. The van der Waals surface area contributed by atoms with Crippen molar-refractivity contribution in [3.05, 3.63) is 68.7 Å². The molecule has 0 radical (unpaired) electrons.